The Hall–Kier alpha value is -1.84. The summed E-state index contributed by atoms with van der Waals surface area (Å²) in [7, 11) is 0. The van der Waals surface area contributed by atoms with Gasteiger partial charge in [-0.25, -0.2) is 0 Å². The van der Waals surface area contributed by atoms with Gasteiger partial charge in [-0.2, -0.15) is 0 Å². The van der Waals surface area contributed by atoms with Gasteiger partial charge >= 0.3 is 5.97 Å². The van der Waals surface area contributed by atoms with E-state index in [9.17, 15) is 9.59 Å². The first-order chi connectivity index (χ1) is 10.4. The number of aryl methyl sites for hydroxylation is 1. The maximum Gasteiger partial charge on any atom is 0.305 e. The zero-order valence-corrected chi connectivity index (χ0v) is 13.8. The molecule has 1 amide bonds. The van der Waals surface area contributed by atoms with Crippen molar-refractivity contribution in [3.8, 4) is 0 Å². The molecule has 0 radical (unpaired) electrons. The van der Waals surface area contributed by atoms with Crippen LogP contribution in [0.25, 0.3) is 0 Å². The Kier molecular flexibility index (Phi) is 7.64. The number of amides is 1. The largest absolute Gasteiger partial charge is 0.481 e. The summed E-state index contributed by atoms with van der Waals surface area (Å²) in [6, 6.07) is 10.3. The summed E-state index contributed by atoms with van der Waals surface area (Å²) in [6.07, 6.45) is 2.75. The molecule has 22 heavy (non-hydrogen) atoms. The lowest BCUT2D eigenvalue weighted by Crippen LogP contribution is -2.41. The molecule has 0 saturated heterocycles. The SMILES string of the molecule is CC(CCCc1ccccc1)C(=O)N(CCC(=O)O)C(C)C. The Bertz CT molecular complexity index is 470. The smallest absolute Gasteiger partial charge is 0.305 e. The monoisotopic (exact) mass is 305 g/mol. The lowest BCUT2D eigenvalue weighted by Gasteiger charge is -2.29. The lowest BCUT2D eigenvalue weighted by molar-refractivity contribution is -0.140. The van der Waals surface area contributed by atoms with Gasteiger partial charge in [0.2, 0.25) is 5.91 Å². The van der Waals surface area contributed by atoms with E-state index < -0.39 is 5.97 Å². The van der Waals surface area contributed by atoms with Crippen molar-refractivity contribution in [3.63, 3.8) is 0 Å². The average Bonchev–Trinajstić information content (AvgIpc) is 2.47. The van der Waals surface area contributed by atoms with Crippen LogP contribution < -0.4 is 0 Å². The summed E-state index contributed by atoms with van der Waals surface area (Å²) in [5.41, 5.74) is 1.29. The molecule has 0 aliphatic heterocycles. The Morgan fingerprint density at radius 3 is 2.32 bits per heavy atom. The number of benzene rings is 1. The standard InChI is InChI=1S/C18H27NO3/c1-14(2)19(13-12-17(20)21)18(22)15(3)8-7-11-16-9-5-4-6-10-16/h4-6,9-10,14-15H,7-8,11-13H2,1-3H3,(H,20,21). The normalized spacial score (nSPS) is 12.2. The second-order valence-corrected chi connectivity index (χ2v) is 6.05. The Morgan fingerprint density at radius 1 is 1.14 bits per heavy atom. The van der Waals surface area contributed by atoms with Crippen molar-refractivity contribution in [3.05, 3.63) is 35.9 Å². The molecule has 1 rings (SSSR count). The highest BCUT2D eigenvalue weighted by atomic mass is 16.4. The Morgan fingerprint density at radius 2 is 1.77 bits per heavy atom. The van der Waals surface area contributed by atoms with Gasteiger partial charge in [-0.3, -0.25) is 9.59 Å². The summed E-state index contributed by atoms with van der Waals surface area (Å²) < 4.78 is 0. The highest BCUT2D eigenvalue weighted by Gasteiger charge is 2.22. The Balaban J connectivity index is 2.45. The van der Waals surface area contributed by atoms with Crippen LogP contribution in [-0.4, -0.2) is 34.5 Å². The predicted molar refractivity (Wildman–Crippen MR) is 87.6 cm³/mol. The van der Waals surface area contributed by atoms with Crippen molar-refractivity contribution in [2.45, 2.75) is 52.5 Å². The highest BCUT2D eigenvalue weighted by Crippen LogP contribution is 2.15. The van der Waals surface area contributed by atoms with Gasteiger partial charge in [-0.1, -0.05) is 37.3 Å². The van der Waals surface area contributed by atoms with Gasteiger partial charge in [0.05, 0.1) is 6.42 Å². The Labute approximate surface area is 133 Å². The molecule has 1 aromatic carbocycles. The third-order valence-electron chi connectivity index (χ3n) is 3.84. The molecule has 1 unspecified atom stereocenters. The number of aliphatic carboxylic acids is 1. The molecule has 0 aliphatic rings. The van der Waals surface area contributed by atoms with Gasteiger partial charge in [0.25, 0.3) is 0 Å². The molecule has 0 bridgehead atoms. The van der Waals surface area contributed by atoms with Crippen LogP contribution in [0.15, 0.2) is 30.3 Å². The van der Waals surface area contributed by atoms with E-state index in [-0.39, 0.29) is 30.8 Å². The van der Waals surface area contributed by atoms with Gasteiger partial charge in [0, 0.05) is 18.5 Å². The third-order valence-corrected chi connectivity index (χ3v) is 3.84. The van der Waals surface area contributed by atoms with Crippen molar-refractivity contribution in [2.24, 2.45) is 5.92 Å². The van der Waals surface area contributed by atoms with E-state index in [4.69, 9.17) is 5.11 Å². The fourth-order valence-corrected chi connectivity index (χ4v) is 2.50. The van der Waals surface area contributed by atoms with Crippen LogP contribution in [0.1, 0.15) is 45.6 Å². The summed E-state index contributed by atoms with van der Waals surface area (Å²) in [4.78, 5) is 24.9. The number of carboxylic acid groups (broad SMARTS) is 1. The summed E-state index contributed by atoms with van der Waals surface area (Å²) in [6.45, 7) is 6.07. The maximum atomic E-state index is 12.5. The van der Waals surface area contributed by atoms with Gasteiger partial charge in [0.1, 0.15) is 0 Å². The number of carbonyl (C=O) groups excluding carboxylic acids is 1. The summed E-state index contributed by atoms with van der Waals surface area (Å²) >= 11 is 0. The zero-order valence-electron chi connectivity index (χ0n) is 13.8. The average molecular weight is 305 g/mol. The van der Waals surface area contributed by atoms with E-state index >= 15 is 0 Å². The predicted octanol–water partition coefficient (Wildman–Crippen LogP) is 3.36. The molecular weight excluding hydrogens is 278 g/mol. The van der Waals surface area contributed by atoms with E-state index in [1.165, 1.54) is 5.56 Å². The fraction of sp³-hybridized carbons (Fsp3) is 0.556. The first kappa shape index (κ1) is 18.2. The highest BCUT2D eigenvalue weighted by molar-refractivity contribution is 5.79. The van der Waals surface area contributed by atoms with Crippen LogP contribution in [0.4, 0.5) is 0 Å². The molecule has 4 nitrogen and oxygen atoms in total. The molecule has 1 aromatic rings. The molecule has 0 saturated carbocycles. The van der Waals surface area contributed by atoms with Gasteiger partial charge in [0.15, 0.2) is 0 Å². The van der Waals surface area contributed by atoms with Crippen LogP contribution in [-0.2, 0) is 16.0 Å². The molecule has 0 spiro atoms. The first-order valence-corrected chi connectivity index (χ1v) is 7.98. The maximum absolute atomic E-state index is 12.5. The van der Waals surface area contributed by atoms with E-state index in [1.54, 1.807) is 4.90 Å². The summed E-state index contributed by atoms with van der Waals surface area (Å²) in [5, 5.41) is 8.79. The lowest BCUT2D eigenvalue weighted by atomic mass is 9.99. The zero-order chi connectivity index (χ0) is 16.5. The number of carbonyl (C=O) groups is 2. The number of nitrogens with zero attached hydrogens (tertiary/aromatic N) is 1. The second-order valence-electron chi connectivity index (χ2n) is 6.05. The number of carboxylic acids is 1. The number of rotatable bonds is 9. The van der Waals surface area contributed by atoms with E-state index in [1.807, 2.05) is 39.0 Å². The van der Waals surface area contributed by atoms with Crippen LogP contribution in [0.2, 0.25) is 0 Å². The van der Waals surface area contributed by atoms with Crippen LogP contribution in [0, 0.1) is 5.92 Å². The van der Waals surface area contributed by atoms with Crippen molar-refractivity contribution in [1.29, 1.82) is 0 Å². The molecule has 1 N–H and O–H groups in total. The van der Waals surface area contributed by atoms with E-state index in [0.717, 1.165) is 19.3 Å². The molecule has 122 valence electrons. The van der Waals surface area contributed by atoms with Crippen LogP contribution in [0.5, 0.6) is 0 Å². The minimum atomic E-state index is -0.866. The second kappa shape index (κ2) is 9.23. The van der Waals surface area contributed by atoms with Crippen molar-refractivity contribution in [2.75, 3.05) is 6.54 Å². The minimum Gasteiger partial charge on any atom is -0.481 e. The first-order valence-electron chi connectivity index (χ1n) is 7.98. The molecular formula is C18H27NO3. The molecule has 0 aliphatic carbocycles. The van der Waals surface area contributed by atoms with Crippen LogP contribution >= 0.6 is 0 Å². The molecule has 1 atom stereocenters. The number of hydrogen-bond donors (Lipinski definition) is 1. The molecule has 4 heteroatoms. The minimum absolute atomic E-state index is 0.000650. The van der Waals surface area contributed by atoms with Gasteiger partial charge < -0.3 is 10.0 Å². The molecule has 0 heterocycles. The molecule has 0 aromatic heterocycles. The van der Waals surface area contributed by atoms with Crippen molar-refractivity contribution in [1.82, 2.24) is 4.90 Å². The van der Waals surface area contributed by atoms with Crippen molar-refractivity contribution >= 4 is 11.9 Å². The van der Waals surface area contributed by atoms with E-state index in [0.29, 0.717) is 0 Å². The third kappa shape index (κ3) is 6.29. The van der Waals surface area contributed by atoms with E-state index in [2.05, 4.69) is 12.1 Å². The quantitative estimate of drug-likeness (QED) is 0.761. The van der Waals surface area contributed by atoms with Gasteiger partial charge in [-0.05, 0) is 38.7 Å². The molecule has 0 fully saturated rings. The topological polar surface area (TPSA) is 57.6 Å². The number of hydrogen-bond acceptors (Lipinski definition) is 2. The summed E-state index contributed by atoms with van der Waals surface area (Å²) in [5.74, 6) is -0.876. The van der Waals surface area contributed by atoms with Gasteiger partial charge in [-0.15, -0.1) is 0 Å². The fourth-order valence-electron chi connectivity index (χ4n) is 2.50. The van der Waals surface area contributed by atoms with Crippen LogP contribution in [0.3, 0.4) is 0 Å². The van der Waals surface area contributed by atoms with Crippen molar-refractivity contribution < 1.29 is 14.7 Å².